The van der Waals surface area contributed by atoms with E-state index < -0.39 is 12.1 Å². The Balaban J connectivity index is 1.58. The van der Waals surface area contributed by atoms with Crippen molar-refractivity contribution in [2.75, 3.05) is 6.61 Å². The van der Waals surface area contributed by atoms with Gasteiger partial charge in [0.15, 0.2) is 11.5 Å². The lowest BCUT2D eigenvalue weighted by molar-refractivity contribution is -0.144. The SMILES string of the molecule is O=C(Oc1ccc(Cl)c2ccccc12)[C@@H]1COc2ccccc2O1. The molecule has 0 fully saturated rings. The molecule has 3 aromatic rings. The van der Waals surface area contributed by atoms with Crippen molar-refractivity contribution in [3.05, 3.63) is 65.7 Å². The fourth-order valence-corrected chi connectivity index (χ4v) is 2.86. The molecule has 0 unspecified atom stereocenters. The Morgan fingerprint density at radius 2 is 1.67 bits per heavy atom. The van der Waals surface area contributed by atoms with Crippen LogP contribution in [0.5, 0.6) is 17.2 Å². The number of ether oxygens (including phenoxy) is 3. The molecule has 1 aliphatic heterocycles. The molecule has 0 amide bonds. The molecule has 0 aromatic heterocycles. The molecular formula is C19H13ClO4. The number of halogens is 1. The van der Waals surface area contributed by atoms with Gasteiger partial charge in [0.05, 0.1) is 0 Å². The Morgan fingerprint density at radius 1 is 0.958 bits per heavy atom. The summed E-state index contributed by atoms with van der Waals surface area (Å²) >= 11 is 6.19. The highest BCUT2D eigenvalue weighted by Gasteiger charge is 2.29. The van der Waals surface area contributed by atoms with Crippen molar-refractivity contribution in [3.63, 3.8) is 0 Å². The van der Waals surface area contributed by atoms with Crippen molar-refractivity contribution in [2.24, 2.45) is 0 Å². The summed E-state index contributed by atoms with van der Waals surface area (Å²) in [4.78, 5) is 12.4. The van der Waals surface area contributed by atoms with Crippen LogP contribution >= 0.6 is 11.6 Å². The van der Waals surface area contributed by atoms with Crippen molar-refractivity contribution in [3.8, 4) is 17.2 Å². The zero-order valence-electron chi connectivity index (χ0n) is 12.6. The Kier molecular flexibility index (Phi) is 3.75. The van der Waals surface area contributed by atoms with Crippen molar-refractivity contribution < 1.29 is 19.0 Å². The number of carbonyl (C=O) groups is 1. The number of hydrogen-bond donors (Lipinski definition) is 0. The molecule has 0 saturated carbocycles. The van der Waals surface area contributed by atoms with Gasteiger partial charge in [-0.15, -0.1) is 0 Å². The normalized spacial score (nSPS) is 16.0. The molecule has 3 aromatic carbocycles. The topological polar surface area (TPSA) is 44.8 Å². The Bertz CT molecular complexity index is 922. The van der Waals surface area contributed by atoms with Gasteiger partial charge in [0.25, 0.3) is 0 Å². The van der Waals surface area contributed by atoms with Crippen LogP contribution < -0.4 is 14.2 Å². The van der Waals surface area contributed by atoms with Crippen LogP contribution in [0.15, 0.2) is 60.7 Å². The van der Waals surface area contributed by atoms with E-state index in [4.69, 9.17) is 25.8 Å². The number of fused-ring (bicyclic) bond motifs is 2. The number of carbonyl (C=O) groups excluding carboxylic acids is 1. The highest BCUT2D eigenvalue weighted by molar-refractivity contribution is 6.35. The van der Waals surface area contributed by atoms with Gasteiger partial charge in [0.1, 0.15) is 12.4 Å². The highest BCUT2D eigenvalue weighted by atomic mass is 35.5. The molecule has 4 nitrogen and oxygen atoms in total. The van der Waals surface area contributed by atoms with E-state index in [1.54, 1.807) is 24.3 Å². The van der Waals surface area contributed by atoms with Crippen LogP contribution in [0.1, 0.15) is 0 Å². The smallest absolute Gasteiger partial charge is 0.356 e. The lowest BCUT2D eigenvalue weighted by atomic mass is 10.1. The Hall–Kier alpha value is -2.72. The zero-order valence-corrected chi connectivity index (χ0v) is 13.3. The number of esters is 1. The Morgan fingerprint density at radius 3 is 2.50 bits per heavy atom. The molecule has 1 heterocycles. The van der Waals surface area contributed by atoms with Gasteiger partial charge in [-0.25, -0.2) is 4.79 Å². The lowest BCUT2D eigenvalue weighted by Crippen LogP contribution is -2.39. The van der Waals surface area contributed by atoms with Crippen LogP contribution in [0, 0.1) is 0 Å². The van der Waals surface area contributed by atoms with Crippen molar-refractivity contribution in [2.45, 2.75) is 6.10 Å². The van der Waals surface area contributed by atoms with Gasteiger partial charge < -0.3 is 14.2 Å². The fourth-order valence-electron chi connectivity index (χ4n) is 2.63. The second-order valence-electron chi connectivity index (χ2n) is 5.38. The summed E-state index contributed by atoms with van der Waals surface area (Å²) in [6, 6.07) is 18.1. The summed E-state index contributed by atoms with van der Waals surface area (Å²) in [7, 11) is 0. The third kappa shape index (κ3) is 2.65. The van der Waals surface area contributed by atoms with E-state index in [0.717, 1.165) is 10.8 Å². The maximum atomic E-state index is 12.4. The van der Waals surface area contributed by atoms with E-state index >= 15 is 0 Å². The number of hydrogen-bond acceptors (Lipinski definition) is 4. The van der Waals surface area contributed by atoms with E-state index in [1.807, 2.05) is 36.4 Å². The van der Waals surface area contributed by atoms with Gasteiger partial charge in [-0.1, -0.05) is 48.0 Å². The van der Waals surface area contributed by atoms with E-state index in [9.17, 15) is 4.79 Å². The number of rotatable bonds is 2. The monoisotopic (exact) mass is 340 g/mol. The lowest BCUT2D eigenvalue weighted by Gasteiger charge is -2.25. The van der Waals surface area contributed by atoms with Crippen LogP contribution in [0.2, 0.25) is 5.02 Å². The first-order chi connectivity index (χ1) is 11.7. The predicted molar refractivity (Wildman–Crippen MR) is 90.9 cm³/mol. The molecule has 1 aliphatic rings. The molecule has 4 rings (SSSR count). The van der Waals surface area contributed by atoms with Crippen LogP contribution in [0.25, 0.3) is 10.8 Å². The van der Waals surface area contributed by atoms with E-state index in [1.165, 1.54) is 0 Å². The quantitative estimate of drug-likeness (QED) is 0.517. The summed E-state index contributed by atoms with van der Waals surface area (Å²) in [6.07, 6.45) is -0.811. The largest absolute Gasteiger partial charge is 0.485 e. The molecule has 0 spiro atoms. The molecule has 5 heteroatoms. The summed E-state index contributed by atoms with van der Waals surface area (Å²) < 4.78 is 16.8. The predicted octanol–water partition coefficient (Wildman–Crippen LogP) is 4.24. The summed E-state index contributed by atoms with van der Waals surface area (Å²) in [6.45, 7) is 0.112. The molecule has 0 radical (unpaired) electrons. The van der Waals surface area contributed by atoms with E-state index in [0.29, 0.717) is 22.3 Å². The summed E-state index contributed by atoms with van der Waals surface area (Å²) in [5.41, 5.74) is 0. The first-order valence-electron chi connectivity index (χ1n) is 7.50. The third-order valence-electron chi connectivity index (χ3n) is 3.81. The third-order valence-corrected chi connectivity index (χ3v) is 4.14. The van der Waals surface area contributed by atoms with Gasteiger partial charge in [-0.05, 0) is 24.3 Å². The molecule has 120 valence electrons. The molecular weight excluding hydrogens is 328 g/mol. The van der Waals surface area contributed by atoms with Crippen LogP contribution in [0.4, 0.5) is 0 Å². The standard InChI is InChI=1S/C19H13ClO4/c20-14-9-10-15(13-6-2-1-5-12(13)14)24-19(21)18-11-22-16-7-3-4-8-17(16)23-18/h1-10,18H,11H2/t18-/m0/s1. The van der Waals surface area contributed by atoms with Crippen molar-refractivity contribution in [1.29, 1.82) is 0 Å². The van der Waals surface area contributed by atoms with Crippen LogP contribution in [0.3, 0.4) is 0 Å². The summed E-state index contributed by atoms with van der Waals surface area (Å²) in [5.74, 6) is 1.10. The van der Waals surface area contributed by atoms with Gasteiger partial charge in [-0.2, -0.15) is 0 Å². The fraction of sp³-hybridized carbons (Fsp3) is 0.105. The van der Waals surface area contributed by atoms with Gasteiger partial charge in [0, 0.05) is 15.8 Å². The average molecular weight is 341 g/mol. The van der Waals surface area contributed by atoms with Crippen LogP contribution in [-0.2, 0) is 4.79 Å². The van der Waals surface area contributed by atoms with Gasteiger partial charge in [0.2, 0.25) is 6.10 Å². The average Bonchev–Trinajstić information content (AvgIpc) is 2.64. The van der Waals surface area contributed by atoms with Crippen LogP contribution in [-0.4, -0.2) is 18.7 Å². The molecule has 1 atom stereocenters. The molecule has 0 aliphatic carbocycles. The van der Waals surface area contributed by atoms with Crippen molar-refractivity contribution in [1.82, 2.24) is 0 Å². The van der Waals surface area contributed by atoms with Gasteiger partial charge in [-0.3, -0.25) is 0 Å². The van der Waals surface area contributed by atoms with E-state index in [2.05, 4.69) is 0 Å². The number of para-hydroxylation sites is 2. The molecule has 0 saturated heterocycles. The first kappa shape index (κ1) is 14.8. The first-order valence-corrected chi connectivity index (χ1v) is 7.87. The molecule has 24 heavy (non-hydrogen) atoms. The van der Waals surface area contributed by atoms with Crippen molar-refractivity contribution >= 4 is 28.3 Å². The number of benzene rings is 3. The zero-order chi connectivity index (χ0) is 16.5. The second kappa shape index (κ2) is 6.06. The Labute approximate surface area is 143 Å². The summed E-state index contributed by atoms with van der Waals surface area (Å²) in [5, 5.41) is 2.21. The molecule has 0 N–H and O–H groups in total. The minimum atomic E-state index is -0.811. The second-order valence-corrected chi connectivity index (χ2v) is 5.78. The highest BCUT2D eigenvalue weighted by Crippen LogP contribution is 2.33. The maximum absolute atomic E-state index is 12.4. The maximum Gasteiger partial charge on any atom is 0.356 e. The minimum absolute atomic E-state index is 0.112. The van der Waals surface area contributed by atoms with Gasteiger partial charge >= 0.3 is 5.97 Å². The molecule has 0 bridgehead atoms. The van der Waals surface area contributed by atoms with E-state index in [-0.39, 0.29) is 6.61 Å². The minimum Gasteiger partial charge on any atom is -0.485 e.